The van der Waals surface area contributed by atoms with Crippen molar-refractivity contribution >= 4 is 29.4 Å². The lowest BCUT2D eigenvalue weighted by Crippen LogP contribution is -2.40. The van der Waals surface area contributed by atoms with Crippen molar-refractivity contribution in [3.05, 3.63) is 58.2 Å². The van der Waals surface area contributed by atoms with Crippen molar-refractivity contribution in [2.45, 2.75) is 38.5 Å². The minimum atomic E-state index is -1.00. The molecule has 2 N–H and O–H groups in total. The third-order valence-electron chi connectivity index (χ3n) is 7.99. The Kier molecular flexibility index (Phi) is 6.09. The Morgan fingerprint density at radius 1 is 1.14 bits per heavy atom. The van der Waals surface area contributed by atoms with Crippen molar-refractivity contribution in [3.8, 4) is 11.5 Å². The molecule has 1 heterocycles. The lowest BCUT2D eigenvalue weighted by molar-refractivity contribution is -0.142. The minimum Gasteiger partial charge on any atom is -0.504 e. The van der Waals surface area contributed by atoms with E-state index in [-0.39, 0.29) is 67.1 Å². The van der Waals surface area contributed by atoms with E-state index >= 15 is 0 Å². The van der Waals surface area contributed by atoms with Crippen LogP contribution < -0.4 is 4.74 Å². The van der Waals surface area contributed by atoms with Gasteiger partial charge in [-0.3, -0.25) is 28.9 Å². The Hall–Kier alpha value is -4.01. The number of phenolic OH excluding ortho intramolecular Hbond substituents is 1. The largest absolute Gasteiger partial charge is 0.504 e. The van der Waals surface area contributed by atoms with Gasteiger partial charge < -0.3 is 14.9 Å². The van der Waals surface area contributed by atoms with E-state index in [9.17, 15) is 29.1 Å². The average molecular weight is 506 g/mol. The lowest BCUT2D eigenvalue weighted by Gasteiger charge is -2.42. The maximum Gasteiger partial charge on any atom is 0.303 e. The third-order valence-corrected chi connectivity index (χ3v) is 7.99. The van der Waals surface area contributed by atoms with Crippen molar-refractivity contribution in [1.82, 2.24) is 4.90 Å². The molecule has 1 aliphatic heterocycles. The SMILES string of the molecule is COc1cccc(C2C3=CCC4C(=O)N(CCCC(=O)O)C(=O)C4C3CC3=C2C(=O)C(C)=CC3=O)c1O. The van der Waals surface area contributed by atoms with Crippen LogP contribution in [0.5, 0.6) is 11.5 Å². The Morgan fingerprint density at radius 3 is 2.59 bits per heavy atom. The van der Waals surface area contributed by atoms with Gasteiger partial charge in [-0.1, -0.05) is 23.8 Å². The van der Waals surface area contributed by atoms with Gasteiger partial charge in [-0.05, 0) is 44.2 Å². The number of benzene rings is 1. The number of carboxylic acid groups (broad SMARTS) is 1. The highest BCUT2D eigenvalue weighted by Gasteiger charge is 2.56. The van der Waals surface area contributed by atoms with Gasteiger partial charge in [0.15, 0.2) is 23.1 Å². The number of ketones is 2. The highest BCUT2D eigenvalue weighted by molar-refractivity contribution is 6.24. The van der Waals surface area contributed by atoms with Crippen LogP contribution in [0.1, 0.15) is 44.1 Å². The molecule has 4 unspecified atom stereocenters. The number of para-hydroxylation sites is 1. The van der Waals surface area contributed by atoms with Gasteiger partial charge in [-0.2, -0.15) is 0 Å². The number of imide groups is 1. The van der Waals surface area contributed by atoms with Crippen LogP contribution in [0.25, 0.3) is 0 Å². The van der Waals surface area contributed by atoms with Crippen LogP contribution in [0.3, 0.4) is 0 Å². The molecule has 1 aromatic rings. The summed E-state index contributed by atoms with van der Waals surface area (Å²) in [5.74, 6) is -4.87. The molecule has 192 valence electrons. The number of carbonyl (C=O) groups is 5. The normalized spacial score (nSPS) is 26.9. The van der Waals surface area contributed by atoms with E-state index in [0.717, 1.165) is 10.5 Å². The number of likely N-dealkylation sites (tertiary alicyclic amines) is 1. The molecule has 1 saturated heterocycles. The van der Waals surface area contributed by atoms with Gasteiger partial charge in [-0.15, -0.1) is 0 Å². The molecular formula is C28H27NO8. The monoisotopic (exact) mass is 505 g/mol. The van der Waals surface area contributed by atoms with E-state index in [2.05, 4.69) is 0 Å². The van der Waals surface area contributed by atoms with Crippen LogP contribution >= 0.6 is 0 Å². The van der Waals surface area contributed by atoms with Crippen LogP contribution in [0.2, 0.25) is 0 Å². The number of hydrogen-bond acceptors (Lipinski definition) is 7. The summed E-state index contributed by atoms with van der Waals surface area (Å²) in [4.78, 5) is 65.3. The van der Waals surface area contributed by atoms with Gasteiger partial charge in [0.2, 0.25) is 11.8 Å². The Bertz CT molecular complexity index is 1350. The van der Waals surface area contributed by atoms with Crippen molar-refractivity contribution in [2.75, 3.05) is 13.7 Å². The summed E-state index contributed by atoms with van der Waals surface area (Å²) in [5, 5.41) is 20.0. The summed E-state index contributed by atoms with van der Waals surface area (Å²) in [7, 11) is 1.42. The number of Topliss-reactive ketones (excluding diaryl/α,β-unsaturated/α-hetero) is 1. The number of nitrogens with zero attached hydrogens (tertiary/aromatic N) is 1. The number of aromatic hydroxyl groups is 1. The summed E-state index contributed by atoms with van der Waals surface area (Å²) in [6, 6.07) is 4.96. The van der Waals surface area contributed by atoms with Gasteiger partial charge in [0.05, 0.1) is 18.9 Å². The van der Waals surface area contributed by atoms with E-state index in [1.54, 1.807) is 25.1 Å². The Balaban J connectivity index is 1.61. The predicted octanol–water partition coefficient (Wildman–Crippen LogP) is 2.70. The average Bonchev–Trinajstić information content (AvgIpc) is 3.11. The lowest BCUT2D eigenvalue weighted by atomic mass is 9.59. The number of carbonyl (C=O) groups excluding carboxylic acids is 4. The summed E-state index contributed by atoms with van der Waals surface area (Å²) in [5.41, 5.74) is 2.03. The molecule has 0 saturated carbocycles. The van der Waals surface area contributed by atoms with Gasteiger partial charge in [0.25, 0.3) is 0 Å². The molecule has 1 fully saturated rings. The molecule has 4 aliphatic rings. The second kappa shape index (κ2) is 9.14. The number of phenols is 1. The van der Waals surface area contributed by atoms with Crippen LogP contribution in [0.4, 0.5) is 0 Å². The first kappa shape index (κ1) is 24.7. The van der Waals surface area contributed by atoms with Crippen LogP contribution in [0.15, 0.2) is 52.6 Å². The molecule has 0 radical (unpaired) electrons. The highest BCUT2D eigenvalue weighted by Crippen LogP contribution is 2.56. The topological polar surface area (TPSA) is 138 Å². The summed E-state index contributed by atoms with van der Waals surface area (Å²) in [6.07, 6.45) is 3.59. The number of aliphatic carboxylic acids is 1. The number of carboxylic acids is 1. The zero-order chi connectivity index (χ0) is 26.6. The zero-order valence-electron chi connectivity index (χ0n) is 20.5. The Labute approximate surface area is 213 Å². The maximum absolute atomic E-state index is 13.5. The van der Waals surface area contributed by atoms with Crippen LogP contribution in [0, 0.1) is 17.8 Å². The highest BCUT2D eigenvalue weighted by atomic mass is 16.5. The molecule has 5 rings (SSSR count). The number of allylic oxidation sites excluding steroid dienone is 6. The first-order valence-electron chi connectivity index (χ1n) is 12.3. The number of hydrogen-bond donors (Lipinski definition) is 2. The number of amides is 2. The molecule has 0 aromatic heterocycles. The maximum atomic E-state index is 13.5. The number of fused-ring (bicyclic) bond motifs is 3. The molecule has 9 nitrogen and oxygen atoms in total. The van der Waals surface area contributed by atoms with Crippen molar-refractivity contribution in [2.24, 2.45) is 17.8 Å². The summed E-state index contributed by atoms with van der Waals surface area (Å²) >= 11 is 0. The van der Waals surface area contributed by atoms with Crippen molar-refractivity contribution < 1.29 is 38.9 Å². The van der Waals surface area contributed by atoms with E-state index in [0.29, 0.717) is 22.3 Å². The molecule has 3 aliphatic carbocycles. The van der Waals surface area contributed by atoms with Gasteiger partial charge in [0, 0.05) is 41.2 Å². The predicted molar refractivity (Wildman–Crippen MR) is 130 cm³/mol. The Morgan fingerprint density at radius 2 is 1.89 bits per heavy atom. The smallest absolute Gasteiger partial charge is 0.303 e. The molecule has 0 bridgehead atoms. The summed E-state index contributed by atoms with van der Waals surface area (Å²) in [6.45, 7) is 1.60. The fourth-order valence-corrected chi connectivity index (χ4v) is 6.33. The number of rotatable bonds is 6. The van der Waals surface area contributed by atoms with E-state index in [1.807, 2.05) is 6.08 Å². The molecule has 2 amide bonds. The number of methoxy groups -OCH3 is 1. The number of ether oxygens (including phenoxy) is 1. The second-order valence-corrected chi connectivity index (χ2v) is 9.95. The standard InChI is InChI=1S/C28H27NO8/c1-13-11-19(30)18-12-17-14(22(24(18)25(13)33)15-5-3-6-20(37-2)26(15)34)8-9-16-23(17)28(36)29(27(16)35)10-4-7-21(31)32/h3,5-6,8,11,16-17,22-23,34H,4,7,9-10,12H2,1-2H3,(H,31,32). The van der Waals surface area contributed by atoms with Gasteiger partial charge >= 0.3 is 5.97 Å². The first-order chi connectivity index (χ1) is 17.6. The molecule has 0 spiro atoms. The first-order valence-corrected chi connectivity index (χ1v) is 12.3. The fourth-order valence-electron chi connectivity index (χ4n) is 6.33. The molecular weight excluding hydrogens is 478 g/mol. The molecule has 4 atom stereocenters. The molecule has 9 heteroatoms. The molecule has 37 heavy (non-hydrogen) atoms. The molecule has 1 aromatic carbocycles. The minimum absolute atomic E-state index is 0.0203. The summed E-state index contributed by atoms with van der Waals surface area (Å²) < 4.78 is 5.29. The second-order valence-electron chi connectivity index (χ2n) is 9.95. The van der Waals surface area contributed by atoms with Crippen LogP contribution in [-0.4, -0.2) is 58.1 Å². The van der Waals surface area contributed by atoms with Crippen LogP contribution in [-0.2, 0) is 24.0 Å². The fraction of sp³-hybridized carbons (Fsp3) is 0.393. The zero-order valence-corrected chi connectivity index (χ0v) is 20.5. The van der Waals surface area contributed by atoms with E-state index < -0.39 is 29.6 Å². The van der Waals surface area contributed by atoms with Gasteiger partial charge in [0.1, 0.15) is 0 Å². The van der Waals surface area contributed by atoms with Gasteiger partial charge in [-0.25, -0.2) is 0 Å². The van der Waals surface area contributed by atoms with E-state index in [4.69, 9.17) is 9.84 Å². The quantitative estimate of drug-likeness (QED) is 0.342. The van der Waals surface area contributed by atoms with Crippen molar-refractivity contribution in [1.29, 1.82) is 0 Å². The van der Waals surface area contributed by atoms with E-state index in [1.165, 1.54) is 13.2 Å². The third kappa shape index (κ3) is 3.80. The van der Waals surface area contributed by atoms with Crippen molar-refractivity contribution in [3.63, 3.8) is 0 Å².